The van der Waals surface area contributed by atoms with E-state index in [1.54, 1.807) is 0 Å². The number of ketones is 1. The number of fused-ring (bicyclic) bond motifs is 2. The van der Waals surface area contributed by atoms with Crippen molar-refractivity contribution in [3.05, 3.63) is 85.2 Å². The molecule has 45 heavy (non-hydrogen) atoms. The normalized spacial score (nSPS) is 24.1. The number of ether oxygens (including phenoxy) is 2. The lowest BCUT2D eigenvalue weighted by molar-refractivity contribution is -0.363. The molecule has 2 aromatic rings. The molecule has 0 N–H and O–H groups in total. The fraction of sp³-hybridized carbons (Fsp3) is 0.553. The van der Waals surface area contributed by atoms with Crippen LogP contribution in [0.25, 0.3) is 0 Å². The highest BCUT2D eigenvalue weighted by Gasteiger charge is 2.60. The highest BCUT2D eigenvalue weighted by Crippen LogP contribution is 2.50. The summed E-state index contributed by atoms with van der Waals surface area (Å²) in [4.78, 5) is 13.4. The maximum absolute atomic E-state index is 13.4. The minimum absolute atomic E-state index is 0.0762. The van der Waals surface area contributed by atoms with Crippen LogP contribution in [0.2, 0.25) is 23.2 Å². The van der Waals surface area contributed by atoms with Crippen molar-refractivity contribution >= 4 is 32.8 Å². The Hall–Kier alpha value is -2.30. The third kappa shape index (κ3) is 7.18. The molecule has 0 saturated carbocycles. The summed E-state index contributed by atoms with van der Waals surface area (Å²) in [6, 6.07) is 21.5. The van der Waals surface area contributed by atoms with Crippen LogP contribution in [0.5, 0.6) is 0 Å². The summed E-state index contributed by atoms with van der Waals surface area (Å²) in [5, 5.41) is 2.51. The van der Waals surface area contributed by atoms with Gasteiger partial charge in [0.05, 0.1) is 23.4 Å². The summed E-state index contributed by atoms with van der Waals surface area (Å²) in [6.07, 6.45) is 5.92. The number of hydrogen-bond donors (Lipinski definition) is 0. The first-order valence-electron chi connectivity index (χ1n) is 16.5. The van der Waals surface area contributed by atoms with Crippen molar-refractivity contribution < 1.29 is 23.1 Å². The SMILES string of the molecule is C=C(/C=C/C[C@]12O[C@@H](CCO[Si](c3ccccc3)(c3ccccc3)C(C)(C)C)C[C@H](CC(=O)C1(C)C)O2)O[Si](C)(C)C(C)(C)C. The minimum Gasteiger partial charge on any atom is -0.544 e. The van der Waals surface area contributed by atoms with Gasteiger partial charge in [-0.15, -0.1) is 0 Å². The molecule has 2 bridgehead atoms. The Bertz CT molecular complexity index is 1310. The third-order valence-corrected chi connectivity index (χ3v) is 19.8. The van der Waals surface area contributed by atoms with Gasteiger partial charge in [0.15, 0.2) is 5.79 Å². The largest absolute Gasteiger partial charge is 0.544 e. The number of rotatable bonds is 11. The Balaban J connectivity index is 1.55. The number of Topliss-reactive ketones (excluding diaryl/α,β-unsaturated/α-hetero) is 1. The zero-order valence-electron chi connectivity index (χ0n) is 29.4. The van der Waals surface area contributed by atoms with Gasteiger partial charge in [-0.25, -0.2) is 0 Å². The van der Waals surface area contributed by atoms with E-state index >= 15 is 0 Å². The quantitative estimate of drug-likeness (QED) is 0.139. The molecule has 0 spiro atoms. The number of allylic oxidation sites excluding steroid dienone is 1. The Morgan fingerprint density at radius 1 is 0.933 bits per heavy atom. The summed E-state index contributed by atoms with van der Waals surface area (Å²) < 4.78 is 27.0. The molecule has 0 unspecified atom stereocenters. The van der Waals surface area contributed by atoms with Gasteiger partial charge in [0.1, 0.15) is 5.78 Å². The highest BCUT2D eigenvalue weighted by molar-refractivity contribution is 6.99. The maximum atomic E-state index is 13.4. The van der Waals surface area contributed by atoms with Crippen LogP contribution in [0.1, 0.15) is 81.1 Å². The van der Waals surface area contributed by atoms with E-state index in [1.165, 1.54) is 10.4 Å². The predicted octanol–water partition coefficient (Wildman–Crippen LogP) is 8.30. The molecular weight excluding hydrogens is 593 g/mol. The monoisotopic (exact) mass is 648 g/mol. The van der Waals surface area contributed by atoms with Gasteiger partial charge < -0.3 is 18.3 Å². The highest BCUT2D eigenvalue weighted by atomic mass is 28.4. The van der Waals surface area contributed by atoms with Gasteiger partial charge in [-0.1, -0.05) is 115 Å². The maximum Gasteiger partial charge on any atom is 0.261 e. The van der Waals surface area contributed by atoms with Gasteiger partial charge in [0, 0.05) is 25.9 Å². The first kappa shape index (κ1) is 35.6. The number of carbonyl (C=O) groups is 1. The molecule has 246 valence electrons. The van der Waals surface area contributed by atoms with Crippen LogP contribution < -0.4 is 10.4 Å². The van der Waals surface area contributed by atoms with E-state index in [0.717, 1.165) is 6.42 Å². The van der Waals surface area contributed by atoms with E-state index in [4.69, 9.17) is 18.3 Å². The first-order chi connectivity index (χ1) is 20.8. The van der Waals surface area contributed by atoms with Crippen LogP contribution in [0.3, 0.4) is 0 Å². The molecule has 2 saturated heterocycles. The van der Waals surface area contributed by atoms with Crippen LogP contribution in [0, 0.1) is 5.41 Å². The van der Waals surface area contributed by atoms with E-state index in [0.29, 0.717) is 31.6 Å². The van der Waals surface area contributed by atoms with Crippen LogP contribution in [0.15, 0.2) is 85.2 Å². The second-order valence-corrected chi connectivity index (χ2v) is 25.0. The Kier molecular flexibility index (Phi) is 10.3. The standard InChI is InChI=1S/C38H56O5Si2/c1-29(43-44(10,11)35(2,3)4)19-18-25-38-37(8,9)34(39)28-31(42-38)27-30(41-38)24-26-40-45(36(5,6)7,32-20-14-12-15-21-32)33-22-16-13-17-23-33/h12-23,30-31H,1,24-28H2,2-11H3/b19-18+/t30-,31+,38+/m0/s1. The van der Waals surface area contributed by atoms with Crippen LogP contribution in [-0.2, 0) is 23.1 Å². The van der Waals surface area contributed by atoms with Gasteiger partial charge in [-0.05, 0) is 59.9 Å². The molecule has 2 fully saturated rings. The lowest BCUT2D eigenvalue weighted by atomic mass is 9.71. The van der Waals surface area contributed by atoms with E-state index in [1.807, 2.05) is 26.0 Å². The summed E-state index contributed by atoms with van der Waals surface area (Å²) in [5.74, 6) is -0.229. The molecule has 2 aromatic carbocycles. The zero-order chi connectivity index (χ0) is 33.3. The summed E-state index contributed by atoms with van der Waals surface area (Å²) in [7, 11) is -4.67. The second kappa shape index (κ2) is 13.1. The van der Waals surface area contributed by atoms with Crippen LogP contribution in [-0.4, -0.2) is 47.0 Å². The first-order valence-corrected chi connectivity index (χ1v) is 21.3. The molecule has 2 aliphatic rings. The van der Waals surface area contributed by atoms with Crippen LogP contribution >= 0.6 is 0 Å². The third-order valence-electron chi connectivity index (χ3n) is 10.4. The van der Waals surface area contributed by atoms with Gasteiger partial charge in [-0.3, -0.25) is 4.79 Å². The molecule has 0 aliphatic carbocycles. The van der Waals surface area contributed by atoms with Gasteiger partial charge >= 0.3 is 0 Å². The Labute approximate surface area is 274 Å². The summed E-state index contributed by atoms with van der Waals surface area (Å²) in [5.41, 5.74) is -0.799. The predicted molar refractivity (Wildman–Crippen MR) is 190 cm³/mol. The molecule has 0 amide bonds. The van der Waals surface area contributed by atoms with Gasteiger partial charge in [-0.2, -0.15) is 0 Å². The molecule has 4 rings (SSSR count). The van der Waals surface area contributed by atoms with Gasteiger partial charge in [0.2, 0.25) is 8.32 Å². The minimum atomic E-state index is -2.66. The lowest BCUT2D eigenvalue weighted by Gasteiger charge is -2.55. The summed E-state index contributed by atoms with van der Waals surface area (Å²) >= 11 is 0. The zero-order valence-corrected chi connectivity index (χ0v) is 31.4. The van der Waals surface area contributed by atoms with Crippen molar-refractivity contribution in [3.8, 4) is 0 Å². The average Bonchev–Trinajstić information content (AvgIpc) is 2.94. The van der Waals surface area contributed by atoms with E-state index in [-0.39, 0.29) is 28.1 Å². The van der Waals surface area contributed by atoms with Crippen molar-refractivity contribution in [2.45, 2.75) is 122 Å². The van der Waals surface area contributed by atoms with Crippen molar-refractivity contribution in [1.29, 1.82) is 0 Å². The van der Waals surface area contributed by atoms with Crippen LogP contribution in [0.4, 0.5) is 0 Å². The fourth-order valence-electron chi connectivity index (χ4n) is 6.54. The Morgan fingerprint density at radius 3 is 2.00 bits per heavy atom. The summed E-state index contributed by atoms with van der Waals surface area (Å²) in [6.45, 7) is 26.6. The van der Waals surface area contributed by atoms with E-state index in [9.17, 15) is 4.79 Å². The smallest absolute Gasteiger partial charge is 0.261 e. The van der Waals surface area contributed by atoms with Crippen molar-refractivity contribution in [2.75, 3.05) is 6.61 Å². The second-order valence-electron chi connectivity index (χ2n) is 16.0. The van der Waals surface area contributed by atoms with Crippen molar-refractivity contribution in [1.82, 2.24) is 0 Å². The number of hydrogen-bond acceptors (Lipinski definition) is 5. The van der Waals surface area contributed by atoms with Gasteiger partial charge in [0.25, 0.3) is 8.32 Å². The number of benzene rings is 2. The molecule has 3 atom stereocenters. The molecular formula is C38H56O5Si2. The molecule has 2 heterocycles. The molecule has 7 heteroatoms. The topological polar surface area (TPSA) is 54.0 Å². The van der Waals surface area contributed by atoms with Crippen molar-refractivity contribution in [3.63, 3.8) is 0 Å². The fourth-order valence-corrected chi connectivity index (χ4v) is 12.2. The van der Waals surface area contributed by atoms with Crippen molar-refractivity contribution in [2.24, 2.45) is 5.41 Å². The van der Waals surface area contributed by atoms with E-state index in [2.05, 4.69) is 122 Å². The molecule has 2 aliphatic heterocycles. The number of carbonyl (C=O) groups excluding carboxylic acids is 1. The molecule has 0 radical (unpaired) electrons. The molecule has 5 nitrogen and oxygen atoms in total. The average molecular weight is 649 g/mol. The lowest BCUT2D eigenvalue weighted by Crippen LogP contribution is -2.67. The Morgan fingerprint density at radius 2 is 1.49 bits per heavy atom. The molecule has 0 aromatic heterocycles. The van der Waals surface area contributed by atoms with E-state index < -0.39 is 27.8 Å².